The molecular formula is C14H11Cl3S. The standard InChI is InChI=1S/C14H11Cl3S/c15-11-8-10(13(17)18-11)12(16)14(6-7-14)9-4-2-1-3-5-9/h1-5,8,12H,6-7H2. The van der Waals surface area contributed by atoms with Crippen molar-refractivity contribution < 1.29 is 0 Å². The summed E-state index contributed by atoms with van der Waals surface area (Å²) in [4.78, 5) is 0. The molecule has 18 heavy (non-hydrogen) atoms. The summed E-state index contributed by atoms with van der Waals surface area (Å²) in [6.45, 7) is 0. The number of hydrogen-bond acceptors (Lipinski definition) is 1. The van der Waals surface area contributed by atoms with Crippen LogP contribution in [0.1, 0.15) is 29.3 Å². The van der Waals surface area contributed by atoms with Crippen LogP contribution in [0, 0.1) is 0 Å². The lowest BCUT2D eigenvalue weighted by molar-refractivity contribution is 0.664. The first-order chi connectivity index (χ1) is 8.63. The number of thiophene rings is 1. The third kappa shape index (κ3) is 2.08. The van der Waals surface area contributed by atoms with E-state index in [4.69, 9.17) is 34.8 Å². The number of alkyl halides is 1. The highest BCUT2D eigenvalue weighted by molar-refractivity contribution is 7.20. The SMILES string of the molecule is Clc1cc(C(Cl)C2(c3ccccc3)CC2)c(Cl)s1. The molecule has 1 aliphatic carbocycles. The van der Waals surface area contributed by atoms with Crippen LogP contribution in [0.4, 0.5) is 0 Å². The maximum absolute atomic E-state index is 6.68. The van der Waals surface area contributed by atoms with Crippen LogP contribution in [0.3, 0.4) is 0 Å². The molecule has 1 fully saturated rings. The highest BCUT2D eigenvalue weighted by Gasteiger charge is 2.51. The zero-order valence-corrected chi connectivity index (χ0v) is 12.6. The molecule has 1 aliphatic rings. The van der Waals surface area contributed by atoms with Crippen LogP contribution in [0.25, 0.3) is 0 Å². The van der Waals surface area contributed by atoms with Crippen molar-refractivity contribution in [1.82, 2.24) is 0 Å². The Bertz CT molecular complexity index is 558. The van der Waals surface area contributed by atoms with Crippen LogP contribution < -0.4 is 0 Å². The summed E-state index contributed by atoms with van der Waals surface area (Å²) in [5.74, 6) is 0. The predicted molar refractivity (Wildman–Crippen MR) is 80.3 cm³/mol. The Hall–Kier alpha value is -0.210. The summed E-state index contributed by atoms with van der Waals surface area (Å²) >= 11 is 20.3. The smallest absolute Gasteiger partial charge is 0.0991 e. The van der Waals surface area contributed by atoms with Crippen LogP contribution in [0.2, 0.25) is 8.67 Å². The summed E-state index contributed by atoms with van der Waals surface area (Å²) in [5, 5.41) is -0.101. The van der Waals surface area contributed by atoms with Crippen molar-refractivity contribution in [3.8, 4) is 0 Å². The molecular weight excluding hydrogens is 307 g/mol. The van der Waals surface area contributed by atoms with Crippen molar-refractivity contribution in [2.45, 2.75) is 23.6 Å². The van der Waals surface area contributed by atoms with Gasteiger partial charge in [0.25, 0.3) is 0 Å². The summed E-state index contributed by atoms with van der Waals surface area (Å²) in [6, 6.07) is 12.3. The average molecular weight is 318 g/mol. The number of hydrogen-bond donors (Lipinski definition) is 0. The Morgan fingerprint density at radius 3 is 2.28 bits per heavy atom. The van der Waals surface area contributed by atoms with Gasteiger partial charge in [0.1, 0.15) is 0 Å². The van der Waals surface area contributed by atoms with E-state index < -0.39 is 0 Å². The highest BCUT2D eigenvalue weighted by atomic mass is 35.5. The minimum Gasteiger partial charge on any atom is -0.117 e. The van der Waals surface area contributed by atoms with Crippen molar-refractivity contribution in [2.75, 3.05) is 0 Å². The van der Waals surface area contributed by atoms with Crippen molar-refractivity contribution in [1.29, 1.82) is 0 Å². The first-order valence-electron chi connectivity index (χ1n) is 5.78. The first-order valence-corrected chi connectivity index (χ1v) is 7.79. The summed E-state index contributed by atoms with van der Waals surface area (Å²) in [6.07, 6.45) is 2.21. The maximum atomic E-state index is 6.68. The van der Waals surface area contributed by atoms with Gasteiger partial charge in [0.15, 0.2) is 0 Å². The topological polar surface area (TPSA) is 0 Å². The third-order valence-electron chi connectivity index (χ3n) is 3.58. The van der Waals surface area contributed by atoms with Gasteiger partial charge in [-0.15, -0.1) is 22.9 Å². The quantitative estimate of drug-likeness (QED) is 0.603. The van der Waals surface area contributed by atoms with Crippen LogP contribution >= 0.6 is 46.1 Å². The van der Waals surface area contributed by atoms with E-state index in [0.717, 1.165) is 18.4 Å². The van der Waals surface area contributed by atoms with E-state index >= 15 is 0 Å². The van der Waals surface area contributed by atoms with E-state index in [1.807, 2.05) is 12.1 Å². The van der Waals surface area contributed by atoms with E-state index in [9.17, 15) is 0 Å². The molecule has 0 amide bonds. The minimum atomic E-state index is -0.101. The van der Waals surface area contributed by atoms with Gasteiger partial charge in [-0.1, -0.05) is 53.5 Å². The largest absolute Gasteiger partial charge is 0.117 e. The molecule has 1 atom stereocenters. The monoisotopic (exact) mass is 316 g/mol. The summed E-state index contributed by atoms with van der Waals surface area (Å²) in [7, 11) is 0. The second kappa shape index (κ2) is 4.72. The van der Waals surface area contributed by atoms with Gasteiger partial charge in [-0.2, -0.15) is 0 Å². The Balaban J connectivity index is 1.98. The number of rotatable bonds is 3. The van der Waals surface area contributed by atoms with E-state index in [2.05, 4.69) is 24.3 Å². The molecule has 1 saturated carbocycles. The molecule has 0 radical (unpaired) electrons. The summed E-state index contributed by atoms with van der Waals surface area (Å²) in [5.41, 5.74) is 2.30. The maximum Gasteiger partial charge on any atom is 0.0991 e. The summed E-state index contributed by atoms with van der Waals surface area (Å²) < 4.78 is 1.41. The minimum absolute atomic E-state index is 0.0385. The molecule has 2 aromatic rings. The zero-order chi connectivity index (χ0) is 12.8. The highest BCUT2D eigenvalue weighted by Crippen LogP contribution is 2.60. The van der Waals surface area contributed by atoms with Crippen LogP contribution in [-0.2, 0) is 5.41 Å². The molecule has 1 unspecified atom stereocenters. The van der Waals surface area contributed by atoms with Gasteiger partial charge < -0.3 is 0 Å². The van der Waals surface area contributed by atoms with Crippen molar-refractivity contribution in [3.63, 3.8) is 0 Å². The first kappa shape index (κ1) is 12.8. The molecule has 4 heteroatoms. The molecule has 1 aromatic heterocycles. The van der Waals surface area contributed by atoms with Gasteiger partial charge in [-0.05, 0) is 24.5 Å². The molecule has 0 nitrogen and oxygen atoms in total. The van der Waals surface area contributed by atoms with Crippen LogP contribution in [0.5, 0.6) is 0 Å². The van der Waals surface area contributed by atoms with Crippen LogP contribution in [0.15, 0.2) is 36.4 Å². The zero-order valence-electron chi connectivity index (χ0n) is 9.50. The second-order valence-corrected chi connectivity index (χ2v) is 7.39. The normalized spacial score (nSPS) is 18.6. The van der Waals surface area contributed by atoms with Gasteiger partial charge in [-0.3, -0.25) is 0 Å². The number of halogens is 3. The lowest BCUT2D eigenvalue weighted by Gasteiger charge is -2.21. The molecule has 0 bridgehead atoms. The van der Waals surface area contributed by atoms with Gasteiger partial charge in [0.05, 0.1) is 14.0 Å². The fraction of sp³-hybridized carbons (Fsp3) is 0.286. The Kier molecular flexibility index (Phi) is 3.36. The lowest BCUT2D eigenvalue weighted by Crippen LogP contribution is -2.13. The Morgan fingerprint density at radius 2 is 1.78 bits per heavy atom. The van der Waals surface area contributed by atoms with Gasteiger partial charge in [-0.25, -0.2) is 0 Å². The molecule has 3 rings (SSSR count). The predicted octanol–water partition coefficient (Wildman–Crippen LogP) is 6.07. The van der Waals surface area contributed by atoms with E-state index in [0.29, 0.717) is 8.67 Å². The fourth-order valence-corrected chi connectivity index (χ4v) is 4.59. The molecule has 94 valence electrons. The van der Waals surface area contributed by atoms with Gasteiger partial charge >= 0.3 is 0 Å². The molecule has 0 spiro atoms. The third-order valence-corrected chi connectivity index (χ3v) is 5.75. The van der Waals surface area contributed by atoms with Crippen molar-refractivity contribution in [2.24, 2.45) is 0 Å². The molecule has 0 saturated heterocycles. The van der Waals surface area contributed by atoms with Gasteiger partial charge in [0, 0.05) is 11.0 Å². The van der Waals surface area contributed by atoms with E-state index in [-0.39, 0.29) is 10.8 Å². The Labute approximate surface area is 125 Å². The lowest BCUT2D eigenvalue weighted by atomic mass is 9.89. The van der Waals surface area contributed by atoms with Crippen molar-refractivity contribution >= 4 is 46.1 Å². The van der Waals surface area contributed by atoms with Crippen LogP contribution in [-0.4, -0.2) is 0 Å². The van der Waals surface area contributed by atoms with Gasteiger partial charge in [0.2, 0.25) is 0 Å². The second-order valence-electron chi connectivity index (χ2n) is 4.66. The fourth-order valence-electron chi connectivity index (χ4n) is 2.42. The number of benzene rings is 1. The van der Waals surface area contributed by atoms with E-state index in [1.165, 1.54) is 16.9 Å². The molecule has 0 N–H and O–H groups in total. The molecule has 1 heterocycles. The van der Waals surface area contributed by atoms with E-state index in [1.54, 1.807) is 0 Å². The molecule has 0 aliphatic heterocycles. The molecule has 1 aromatic carbocycles. The van der Waals surface area contributed by atoms with Crippen molar-refractivity contribution in [3.05, 3.63) is 56.2 Å². The Morgan fingerprint density at radius 1 is 1.11 bits per heavy atom. The average Bonchev–Trinajstić information content (AvgIpc) is 3.11.